The fourth-order valence-corrected chi connectivity index (χ4v) is 3.87. The summed E-state index contributed by atoms with van der Waals surface area (Å²) in [4.78, 5) is 28.9. The summed E-state index contributed by atoms with van der Waals surface area (Å²) in [5.74, 6) is -0.858. The fraction of sp³-hybridized carbons (Fsp3) is 0.600. The molecular weight excluding hydrogens is 371 g/mol. The van der Waals surface area contributed by atoms with E-state index in [1.807, 2.05) is 0 Å². The first kappa shape index (κ1) is 20.6. The molecule has 28 heavy (non-hydrogen) atoms. The van der Waals surface area contributed by atoms with Crippen LogP contribution in [0.25, 0.3) is 0 Å². The maximum absolute atomic E-state index is 12.9. The molecule has 1 atom stereocenters. The minimum Gasteiger partial charge on any atom is -0.355 e. The van der Waals surface area contributed by atoms with Gasteiger partial charge in [-0.15, -0.1) is 0 Å². The Bertz CT molecular complexity index is 702. The molecule has 1 unspecified atom stereocenters. The highest BCUT2D eigenvalue weighted by atomic mass is 19.4. The Morgan fingerprint density at radius 2 is 1.86 bits per heavy atom. The molecule has 3 rings (SSSR count). The Kier molecular flexibility index (Phi) is 6.59. The van der Waals surface area contributed by atoms with Gasteiger partial charge < -0.3 is 15.1 Å². The first-order valence-corrected chi connectivity index (χ1v) is 9.81. The van der Waals surface area contributed by atoms with E-state index in [0.29, 0.717) is 25.9 Å². The fourth-order valence-electron chi connectivity index (χ4n) is 3.87. The number of nitrogens with zero attached hydrogens (tertiary/aromatic N) is 2. The molecule has 1 N–H and O–H groups in total. The van der Waals surface area contributed by atoms with Crippen LogP contribution in [0.3, 0.4) is 0 Å². The highest BCUT2D eigenvalue weighted by Crippen LogP contribution is 2.30. The second kappa shape index (κ2) is 8.94. The number of rotatable bonds is 5. The second-order valence-electron chi connectivity index (χ2n) is 7.51. The van der Waals surface area contributed by atoms with Gasteiger partial charge in [-0.25, -0.2) is 0 Å². The summed E-state index contributed by atoms with van der Waals surface area (Å²) in [5.41, 5.74) is -0.837. The van der Waals surface area contributed by atoms with Gasteiger partial charge in [0.05, 0.1) is 11.5 Å². The van der Waals surface area contributed by atoms with E-state index in [1.54, 1.807) is 0 Å². The second-order valence-corrected chi connectivity index (χ2v) is 7.51. The average molecular weight is 397 g/mol. The zero-order valence-electron chi connectivity index (χ0n) is 15.8. The predicted octanol–water partition coefficient (Wildman–Crippen LogP) is 2.77. The van der Waals surface area contributed by atoms with Crippen molar-refractivity contribution in [1.29, 1.82) is 0 Å². The summed E-state index contributed by atoms with van der Waals surface area (Å²) in [6.45, 7) is 4.23. The topological polar surface area (TPSA) is 52.7 Å². The van der Waals surface area contributed by atoms with Crippen LogP contribution in [0.4, 0.5) is 13.2 Å². The minimum absolute atomic E-state index is 0.00455. The van der Waals surface area contributed by atoms with Crippen molar-refractivity contribution in [3.8, 4) is 0 Å². The molecule has 2 aliphatic heterocycles. The third kappa shape index (κ3) is 5.25. The number of amides is 2. The van der Waals surface area contributed by atoms with Gasteiger partial charge in [0, 0.05) is 31.7 Å². The summed E-state index contributed by atoms with van der Waals surface area (Å²) in [6.07, 6.45) is -0.751. The molecule has 1 aromatic rings. The predicted molar refractivity (Wildman–Crippen MR) is 98.8 cm³/mol. The Hall–Kier alpha value is -2.09. The zero-order valence-corrected chi connectivity index (χ0v) is 15.8. The highest BCUT2D eigenvalue weighted by molar-refractivity contribution is 5.95. The Morgan fingerprint density at radius 3 is 2.57 bits per heavy atom. The van der Waals surface area contributed by atoms with Crippen molar-refractivity contribution in [2.75, 3.05) is 39.3 Å². The van der Waals surface area contributed by atoms with Gasteiger partial charge in [-0.05, 0) is 57.0 Å². The lowest BCUT2D eigenvalue weighted by atomic mass is 9.96. The first-order valence-electron chi connectivity index (χ1n) is 9.81. The third-order valence-electron chi connectivity index (χ3n) is 5.44. The molecule has 0 bridgehead atoms. The number of hydrogen-bond acceptors (Lipinski definition) is 3. The number of benzene rings is 1. The van der Waals surface area contributed by atoms with E-state index in [9.17, 15) is 22.8 Å². The van der Waals surface area contributed by atoms with Crippen LogP contribution in [0, 0.1) is 5.92 Å². The number of likely N-dealkylation sites (tertiary alicyclic amines) is 2. The van der Waals surface area contributed by atoms with Crippen LogP contribution in [0.2, 0.25) is 0 Å². The van der Waals surface area contributed by atoms with Gasteiger partial charge in [0.25, 0.3) is 5.91 Å². The number of carbonyl (C=O) groups excluding carboxylic acids is 2. The lowest BCUT2D eigenvalue weighted by molar-refractivity contribution is -0.137. The van der Waals surface area contributed by atoms with Gasteiger partial charge in [0.2, 0.25) is 5.91 Å². The van der Waals surface area contributed by atoms with Crippen molar-refractivity contribution in [2.45, 2.75) is 31.9 Å². The van der Waals surface area contributed by atoms with E-state index in [0.717, 1.165) is 31.8 Å². The number of halogens is 3. The number of carbonyl (C=O) groups is 2. The number of piperidine rings is 1. The largest absolute Gasteiger partial charge is 0.416 e. The maximum Gasteiger partial charge on any atom is 0.416 e. The molecule has 2 aliphatic rings. The Labute approximate surface area is 162 Å². The molecule has 2 fully saturated rings. The molecule has 8 heteroatoms. The third-order valence-corrected chi connectivity index (χ3v) is 5.44. The molecule has 2 saturated heterocycles. The van der Waals surface area contributed by atoms with Crippen molar-refractivity contribution in [1.82, 2.24) is 15.1 Å². The van der Waals surface area contributed by atoms with Crippen LogP contribution in [-0.4, -0.2) is 60.9 Å². The first-order chi connectivity index (χ1) is 13.3. The standard InChI is InChI=1S/C20H26F3N3O2/c21-20(22,23)17-7-3-5-15(13-17)19(28)26-11-4-6-16(14-26)18(27)24-8-12-25-9-1-2-10-25/h3,5,7,13,16H,1-2,4,6,8-12,14H2,(H,24,27). The lowest BCUT2D eigenvalue weighted by Gasteiger charge is -2.32. The van der Waals surface area contributed by atoms with E-state index in [4.69, 9.17) is 0 Å². The van der Waals surface area contributed by atoms with E-state index >= 15 is 0 Å². The summed E-state index contributed by atoms with van der Waals surface area (Å²) in [6, 6.07) is 4.45. The minimum atomic E-state index is -4.49. The van der Waals surface area contributed by atoms with E-state index < -0.39 is 17.6 Å². The maximum atomic E-state index is 12.9. The normalized spacial score (nSPS) is 21.0. The average Bonchev–Trinajstić information content (AvgIpc) is 3.20. The summed E-state index contributed by atoms with van der Waals surface area (Å²) >= 11 is 0. The summed E-state index contributed by atoms with van der Waals surface area (Å²) in [7, 11) is 0. The molecule has 2 amide bonds. The van der Waals surface area contributed by atoms with Gasteiger partial charge in [0.15, 0.2) is 0 Å². The quantitative estimate of drug-likeness (QED) is 0.831. The SMILES string of the molecule is O=C(NCCN1CCCC1)C1CCCN(C(=O)c2cccc(C(F)(F)F)c2)C1. The highest BCUT2D eigenvalue weighted by Gasteiger charge is 2.33. The molecule has 0 saturated carbocycles. The molecule has 0 aromatic heterocycles. The van der Waals surface area contributed by atoms with Crippen LogP contribution in [0.5, 0.6) is 0 Å². The lowest BCUT2D eigenvalue weighted by Crippen LogP contribution is -2.46. The van der Waals surface area contributed by atoms with E-state index in [2.05, 4.69) is 10.2 Å². The van der Waals surface area contributed by atoms with Crippen LogP contribution in [0.1, 0.15) is 41.6 Å². The summed E-state index contributed by atoms with van der Waals surface area (Å²) < 4.78 is 38.7. The number of alkyl halides is 3. The van der Waals surface area contributed by atoms with Gasteiger partial charge in [-0.2, -0.15) is 13.2 Å². The van der Waals surface area contributed by atoms with Gasteiger partial charge in [0.1, 0.15) is 0 Å². The van der Waals surface area contributed by atoms with Crippen LogP contribution in [-0.2, 0) is 11.0 Å². The smallest absolute Gasteiger partial charge is 0.355 e. The van der Waals surface area contributed by atoms with Crippen molar-refractivity contribution < 1.29 is 22.8 Å². The number of nitrogens with one attached hydrogen (secondary N) is 1. The van der Waals surface area contributed by atoms with Crippen molar-refractivity contribution in [2.24, 2.45) is 5.92 Å². The van der Waals surface area contributed by atoms with E-state index in [1.165, 1.54) is 29.9 Å². The molecule has 0 spiro atoms. The van der Waals surface area contributed by atoms with Crippen LogP contribution >= 0.6 is 0 Å². The zero-order chi connectivity index (χ0) is 20.1. The molecule has 2 heterocycles. The van der Waals surface area contributed by atoms with Gasteiger partial charge in [-0.3, -0.25) is 9.59 Å². The molecule has 0 radical (unpaired) electrons. The number of hydrogen-bond donors (Lipinski definition) is 1. The van der Waals surface area contributed by atoms with E-state index in [-0.39, 0.29) is 23.9 Å². The molecular formula is C20H26F3N3O2. The molecule has 5 nitrogen and oxygen atoms in total. The van der Waals surface area contributed by atoms with Crippen molar-refractivity contribution in [3.05, 3.63) is 35.4 Å². The molecule has 0 aliphatic carbocycles. The monoisotopic (exact) mass is 397 g/mol. The molecule has 1 aromatic carbocycles. The van der Waals surface area contributed by atoms with Crippen LogP contribution < -0.4 is 5.32 Å². The molecule has 154 valence electrons. The van der Waals surface area contributed by atoms with Crippen molar-refractivity contribution >= 4 is 11.8 Å². The Balaban J connectivity index is 1.55. The van der Waals surface area contributed by atoms with Gasteiger partial charge >= 0.3 is 6.18 Å². The summed E-state index contributed by atoms with van der Waals surface area (Å²) in [5, 5.41) is 2.94. The van der Waals surface area contributed by atoms with Crippen molar-refractivity contribution in [3.63, 3.8) is 0 Å². The van der Waals surface area contributed by atoms with Crippen LogP contribution in [0.15, 0.2) is 24.3 Å². The van der Waals surface area contributed by atoms with Gasteiger partial charge in [-0.1, -0.05) is 6.07 Å². The Morgan fingerprint density at radius 1 is 1.11 bits per heavy atom.